The third kappa shape index (κ3) is 8.63. The van der Waals surface area contributed by atoms with E-state index in [1.54, 1.807) is 55.3 Å². The normalized spacial score (nSPS) is 14.9. The van der Waals surface area contributed by atoms with E-state index >= 15 is 0 Å². The van der Waals surface area contributed by atoms with Crippen molar-refractivity contribution in [3.63, 3.8) is 0 Å². The number of anilines is 1. The van der Waals surface area contributed by atoms with Gasteiger partial charge in [0.15, 0.2) is 0 Å². The number of halogens is 1. The third-order valence-electron chi connectivity index (χ3n) is 6.90. The molecule has 0 radical (unpaired) electrons. The number of carbonyl (C=O) groups is 2. The predicted octanol–water partition coefficient (Wildman–Crippen LogP) is 4.76. The number of hydrogen-bond acceptors (Lipinski definition) is 5. The zero-order valence-electron chi connectivity index (χ0n) is 22.4. The highest BCUT2D eigenvalue weighted by atomic mass is 35.5. The van der Waals surface area contributed by atoms with Crippen molar-refractivity contribution >= 4 is 39.1 Å². The van der Waals surface area contributed by atoms with Crippen molar-refractivity contribution in [3.05, 3.63) is 59.1 Å². The maximum Gasteiger partial charge on any atom is 0.242 e. The topological polar surface area (TPSA) is 96.0 Å². The number of sulfonamides is 1. The van der Waals surface area contributed by atoms with E-state index in [2.05, 4.69) is 5.32 Å². The molecule has 1 N–H and O–H groups in total. The zero-order valence-corrected chi connectivity index (χ0v) is 23.9. The van der Waals surface area contributed by atoms with Crippen LogP contribution in [0.2, 0.25) is 5.02 Å². The summed E-state index contributed by atoms with van der Waals surface area (Å²) in [5.41, 5.74) is 1.36. The Hall–Kier alpha value is -2.78. The lowest BCUT2D eigenvalue weighted by atomic mass is 9.95. The molecule has 0 unspecified atom stereocenters. The van der Waals surface area contributed by atoms with Crippen LogP contribution >= 0.6 is 11.6 Å². The molecule has 208 valence electrons. The number of hydrogen-bond donors (Lipinski definition) is 1. The SMILES string of the molecule is COc1ccc(N(CCCC(=O)N(Cc2ccc(Cl)cc2)[C@H](C)C(=O)NC2CCCCC2)S(C)(=O)=O)cc1. The maximum atomic E-state index is 13.4. The number of amides is 2. The van der Waals surface area contributed by atoms with Crippen molar-refractivity contribution in [1.29, 1.82) is 0 Å². The van der Waals surface area contributed by atoms with Gasteiger partial charge in [0, 0.05) is 30.6 Å². The van der Waals surface area contributed by atoms with Crippen LogP contribution in [0.4, 0.5) is 5.69 Å². The molecule has 2 aromatic carbocycles. The van der Waals surface area contributed by atoms with Gasteiger partial charge in [-0.1, -0.05) is 43.0 Å². The Morgan fingerprint density at radius 2 is 1.68 bits per heavy atom. The first-order chi connectivity index (χ1) is 18.1. The lowest BCUT2D eigenvalue weighted by Crippen LogP contribution is -2.50. The summed E-state index contributed by atoms with van der Waals surface area (Å²) in [5.74, 6) is 0.236. The largest absolute Gasteiger partial charge is 0.497 e. The molecular formula is C28H38ClN3O5S. The molecule has 1 aliphatic carbocycles. The smallest absolute Gasteiger partial charge is 0.242 e. The minimum Gasteiger partial charge on any atom is -0.497 e. The van der Waals surface area contributed by atoms with Crippen molar-refractivity contribution < 1.29 is 22.7 Å². The average Bonchev–Trinajstić information content (AvgIpc) is 2.90. The van der Waals surface area contributed by atoms with Crippen LogP contribution in [0.25, 0.3) is 0 Å². The summed E-state index contributed by atoms with van der Waals surface area (Å²) in [5, 5.41) is 3.71. The number of benzene rings is 2. The van der Waals surface area contributed by atoms with Crippen LogP contribution in [0.15, 0.2) is 48.5 Å². The summed E-state index contributed by atoms with van der Waals surface area (Å²) < 4.78 is 31.4. The zero-order chi connectivity index (χ0) is 27.7. The minimum atomic E-state index is -3.56. The Morgan fingerprint density at radius 1 is 1.05 bits per heavy atom. The van der Waals surface area contributed by atoms with E-state index in [1.165, 1.54) is 10.7 Å². The summed E-state index contributed by atoms with van der Waals surface area (Å²) in [7, 11) is -2.02. The fraction of sp³-hybridized carbons (Fsp3) is 0.500. The molecule has 38 heavy (non-hydrogen) atoms. The molecule has 0 aromatic heterocycles. The van der Waals surface area contributed by atoms with Crippen LogP contribution in [0.1, 0.15) is 57.4 Å². The molecule has 1 aliphatic rings. The van der Waals surface area contributed by atoms with E-state index in [0.29, 0.717) is 22.9 Å². The van der Waals surface area contributed by atoms with Gasteiger partial charge in [-0.25, -0.2) is 8.42 Å². The average molecular weight is 564 g/mol. The molecular weight excluding hydrogens is 526 g/mol. The van der Waals surface area contributed by atoms with Crippen LogP contribution in [0.3, 0.4) is 0 Å². The fourth-order valence-corrected chi connectivity index (χ4v) is 5.78. The number of nitrogens with zero attached hydrogens (tertiary/aromatic N) is 2. The van der Waals surface area contributed by atoms with Crippen LogP contribution in [0.5, 0.6) is 5.75 Å². The van der Waals surface area contributed by atoms with Crippen LogP contribution < -0.4 is 14.4 Å². The highest BCUT2D eigenvalue weighted by Gasteiger charge is 2.28. The third-order valence-corrected chi connectivity index (χ3v) is 8.34. The number of ether oxygens (including phenoxy) is 1. The van der Waals surface area contributed by atoms with Crippen molar-refractivity contribution in [1.82, 2.24) is 10.2 Å². The molecule has 0 saturated heterocycles. The molecule has 1 fully saturated rings. The van der Waals surface area contributed by atoms with Gasteiger partial charge >= 0.3 is 0 Å². The summed E-state index contributed by atoms with van der Waals surface area (Å²) in [6.45, 7) is 2.13. The molecule has 1 saturated carbocycles. The van der Waals surface area contributed by atoms with Gasteiger partial charge in [-0.3, -0.25) is 13.9 Å². The Labute approximate surface area is 231 Å². The lowest BCUT2D eigenvalue weighted by Gasteiger charge is -2.31. The van der Waals surface area contributed by atoms with Gasteiger partial charge in [0.25, 0.3) is 0 Å². The summed E-state index contributed by atoms with van der Waals surface area (Å²) in [6, 6.07) is 13.4. The predicted molar refractivity (Wildman–Crippen MR) is 151 cm³/mol. The first-order valence-corrected chi connectivity index (χ1v) is 15.3. The highest BCUT2D eigenvalue weighted by Crippen LogP contribution is 2.23. The van der Waals surface area contributed by atoms with Gasteiger partial charge in [0.1, 0.15) is 11.8 Å². The Kier molecular flexibility index (Phi) is 10.8. The maximum absolute atomic E-state index is 13.4. The van der Waals surface area contributed by atoms with E-state index in [0.717, 1.165) is 37.5 Å². The molecule has 2 amide bonds. The van der Waals surface area contributed by atoms with E-state index < -0.39 is 16.1 Å². The van der Waals surface area contributed by atoms with Crippen molar-refractivity contribution in [2.75, 3.05) is 24.2 Å². The lowest BCUT2D eigenvalue weighted by molar-refractivity contribution is -0.141. The second kappa shape index (κ2) is 13.8. The van der Waals surface area contributed by atoms with E-state index in [4.69, 9.17) is 16.3 Å². The molecule has 0 heterocycles. The van der Waals surface area contributed by atoms with Crippen LogP contribution in [0, 0.1) is 0 Å². The molecule has 0 spiro atoms. The van der Waals surface area contributed by atoms with Crippen molar-refractivity contribution in [2.45, 2.75) is 70.5 Å². The van der Waals surface area contributed by atoms with E-state index in [9.17, 15) is 18.0 Å². The molecule has 8 nitrogen and oxygen atoms in total. The van der Waals surface area contributed by atoms with Crippen molar-refractivity contribution in [3.8, 4) is 5.75 Å². The monoisotopic (exact) mass is 563 g/mol. The number of nitrogens with one attached hydrogen (secondary N) is 1. The first kappa shape index (κ1) is 29.8. The Balaban J connectivity index is 1.70. The molecule has 1 atom stereocenters. The van der Waals surface area contributed by atoms with E-state index in [-0.39, 0.29) is 37.4 Å². The van der Waals surface area contributed by atoms with Crippen molar-refractivity contribution in [2.24, 2.45) is 0 Å². The summed E-state index contributed by atoms with van der Waals surface area (Å²) >= 11 is 6.03. The summed E-state index contributed by atoms with van der Waals surface area (Å²) in [4.78, 5) is 28.1. The summed E-state index contributed by atoms with van der Waals surface area (Å²) in [6.07, 6.45) is 6.82. The number of methoxy groups -OCH3 is 1. The van der Waals surface area contributed by atoms with Gasteiger partial charge in [0.2, 0.25) is 21.8 Å². The molecule has 3 rings (SSSR count). The number of carbonyl (C=O) groups excluding carboxylic acids is 2. The van der Waals surface area contributed by atoms with Gasteiger partial charge < -0.3 is 15.0 Å². The van der Waals surface area contributed by atoms with E-state index in [1.807, 2.05) is 12.1 Å². The highest BCUT2D eigenvalue weighted by molar-refractivity contribution is 7.92. The van der Waals surface area contributed by atoms with Crippen LogP contribution in [-0.4, -0.2) is 57.1 Å². The molecule has 2 aromatic rings. The van der Waals surface area contributed by atoms with Gasteiger partial charge in [-0.2, -0.15) is 0 Å². The standard InChI is InChI=1S/C28H38ClN3O5S/c1-21(28(34)30-24-8-5-4-6-9-24)31(20-22-11-13-23(29)14-12-22)27(33)10-7-19-32(38(3,35)36)25-15-17-26(37-2)18-16-25/h11-18,21,24H,4-10,19-20H2,1-3H3,(H,30,34)/t21-/m1/s1. The second-order valence-corrected chi connectivity index (χ2v) is 12.1. The minimum absolute atomic E-state index is 0.0941. The molecule has 0 bridgehead atoms. The second-order valence-electron chi connectivity index (χ2n) is 9.80. The first-order valence-electron chi connectivity index (χ1n) is 13.0. The quantitative estimate of drug-likeness (QED) is 0.401. The molecule has 0 aliphatic heterocycles. The van der Waals surface area contributed by atoms with Gasteiger partial charge in [0.05, 0.1) is 19.1 Å². The fourth-order valence-electron chi connectivity index (χ4n) is 4.69. The van der Waals surface area contributed by atoms with Gasteiger partial charge in [-0.15, -0.1) is 0 Å². The molecule has 10 heteroatoms. The Bertz CT molecular complexity index is 1170. The van der Waals surface area contributed by atoms with Crippen LogP contribution in [-0.2, 0) is 26.2 Å². The van der Waals surface area contributed by atoms with Gasteiger partial charge in [-0.05, 0) is 68.1 Å². The Morgan fingerprint density at radius 3 is 2.26 bits per heavy atom. The number of rotatable bonds is 12.